The lowest BCUT2D eigenvalue weighted by molar-refractivity contribution is -0.133. The molecule has 1 fully saturated rings. The van der Waals surface area contributed by atoms with Gasteiger partial charge >= 0.3 is 0 Å². The highest BCUT2D eigenvalue weighted by molar-refractivity contribution is 5.79. The van der Waals surface area contributed by atoms with Crippen molar-refractivity contribution < 1.29 is 9.32 Å². The Bertz CT molecular complexity index is 645. The number of hydrogen-bond donors (Lipinski definition) is 1. The summed E-state index contributed by atoms with van der Waals surface area (Å²) in [4.78, 5) is 24.5. The van der Waals surface area contributed by atoms with E-state index < -0.39 is 0 Å². The van der Waals surface area contributed by atoms with Crippen LogP contribution in [-0.2, 0) is 11.2 Å². The largest absolute Gasteiger partial charge is 0.361 e. The average Bonchev–Trinajstić information content (AvgIpc) is 3.20. The zero-order valence-electron chi connectivity index (χ0n) is 13.9. The number of aromatic nitrogens is 3. The lowest BCUT2D eigenvalue weighted by Gasteiger charge is -2.40. The predicted molar refractivity (Wildman–Crippen MR) is 84.8 cm³/mol. The molecule has 1 N–H and O–H groups in total. The number of imidazole rings is 1. The Morgan fingerprint density at radius 1 is 1.43 bits per heavy atom. The number of carbonyl (C=O) groups is 1. The monoisotopic (exact) mass is 317 g/mol. The van der Waals surface area contributed by atoms with E-state index >= 15 is 0 Å². The fourth-order valence-corrected chi connectivity index (χ4v) is 3.16. The van der Waals surface area contributed by atoms with Crippen molar-refractivity contribution in [1.29, 1.82) is 0 Å². The van der Waals surface area contributed by atoms with Gasteiger partial charge in [0.1, 0.15) is 11.6 Å². The number of piperazine rings is 1. The van der Waals surface area contributed by atoms with Gasteiger partial charge in [-0.1, -0.05) is 12.1 Å². The van der Waals surface area contributed by atoms with Crippen LogP contribution in [0.2, 0.25) is 0 Å². The number of aryl methyl sites for hydroxylation is 2. The van der Waals surface area contributed by atoms with Crippen molar-refractivity contribution in [1.82, 2.24) is 24.9 Å². The molecule has 2 aromatic heterocycles. The van der Waals surface area contributed by atoms with Crippen LogP contribution in [0.1, 0.15) is 35.8 Å². The topological polar surface area (TPSA) is 78.3 Å². The molecule has 0 radical (unpaired) electrons. The maximum Gasteiger partial charge on any atom is 0.227 e. The summed E-state index contributed by atoms with van der Waals surface area (Å²) in [6, 6.07) is 0.123. The Kier molecular flexibility index (Phi) is 4.47. The smallest absolute Gasteiger partial charge is 0.227 e. The van der Waals surface area contributed by atoms with Gasteiger partial charge in [-0.15, -0.1) is 0 Å². The van der Waals surface area contributed by atoms with Gasteiger partial charge in [0, 0.05) is 37.6 Å². The van der Waals surface area contributed by atoms with Gasteiger partial charge in [-0.25, -0.2) is 4.98 Å². The molecule has 1 amide bonds. The number of H-pyrrole nitrogens is 1. The molecule has 0 spiro atoms. The van der Waals surface area contributed by atoms with Gasteiger partial charge in [0.2, 0.25) is 5.91 Å². The second kappa shape index (κ2) is 6.54. The molecule has 0 bridgehead atoms. The molecule has 7 nitrogen and oxygen atoms in total. The molecule has 1 saturated heterocycles. The SMILES string of the molecule is CCN1CCN(C(=O)Cc2c(C)noc2C)C[C@H]1c1ncc[nH]1. The minimum atomic E-state index is 0.117. The van der Waals surface area contributed by atoms with Gasteiger partial charge in [-0.2, -0.15) is 0 Å². The Morgan fingerprint density at radius 3 is 2.87 bits per heavy atom. The van der Waals surface area contributed by atoms with Crippen LogP contribution in [-0.4, -0.2) is 57.0 Å². The molecule has 1 atom stereocenters. The van der Waals surface area contributed by atoms with E-state index in [-0.39, 0.29) is 11.9 Å². The van der Waals surface area contributed by atoms with E-state index in [0.29, 0.717) is 13.0 Å². The molecule has 3 heterocycles. The van der Waals surface area contributed by atoms with Crippen molar-refractivity contribution in [2.24, 2.45) is 0 Å². The summed E-state index contributed by atoms with van der Waals surface area (Å²) in [6.07, 6.45) is 3.93. The second-order valence-corrected chi connectivity index (χ2v) is 5.94. The Balaban J connectivity index is 1.72. The molecular weight excluding hydrogens is 294 g/mol. The van der Waals surface area contributed by atoms with Crippen molar-refractivity contribution in [2.75, 3.05) is 26.2 Å². The van der Waals surface area contributed by atoms with E-state index in [2.05, 4.69) is 26.9 Å². The lowest BCUT2D eigenvalue weighted by Crippen LogP contribution is -2.51. The van der Waals surface area contributed by atoms with Gasteiger partial charge in [-0.3, -0.25) is 9.69 Å². The molecule has 0 saturated carbocycles. The third-order valence-corrected chi connectivity index (χ3v) is 4.59. The van der Waals surface area contributed by atoms with Crippen LogP contribution in [0, 0.1) is 13.8 Å². The zero-order valence-corrected chi connectivity index (χ0v) is 13.9. The van der Waals surface area contributed by atoms with Gasteiger partial charge in [0.25, 0.3) is 0 Å². The molecule has 3 rings (SSSR count). The molecular formula is C16H23N5O2. The van der Waals surface area contributed by atoms with E-state index in [1.165, 1.54) is 0 Å². The maximum absolute atomic E-state index is 12.7. The van der Waals surface area contributed by atoms with Crippen molar-refractivity contribution >= 4 is 5.91 Å². The van der Waals surface area contributed by atoms with E-state index in [9.17, 15) is 4.79 Å². The van der Waals surface area contributed by atoms with E-state index in [0.717, 1.165) is 42.5 Å². The quantitative estimate of drug-likeness (QED) is 0.924. The molecule has 1 aliphatic rings. The molecule has 0 unspecified atom stereocenters. The average molecular weight is 317 g/mol. The first-order valence-electron chi connectivity index (χ1n) is 8.03. The lowest BCUT2D eigenvalue weighted by atomic mass is 10.1. The maximum atomic E-state index is 12.7. The summed E-state index contributed by atoms with van der Waals surface area (Å²) in [5.74, 6) is 1.76. The van der Waals surface area contributed by atoms with Gasteiger partial charge in [0.15, 0.2) is 0 Å². The Morgan fingerprint density at radius 2 is 2.26 bits per heavy atom. The van der Waals surface area contributed by atoms with Crippen LogP contribution < -0.4 is 0 Å². The first kappa shape index (κ1) is 15.7. The van der Waals surface area contributed by atoms with Crippen LogP contribution in [0.15, 0.2) is 16.9 Å². The highest BCUT2D eigenvalue weighted by Gasteiger charge is 2.31. The van der Waals surface area contributed by atoms with Crippen molar-refractivity contribution in [3.63, 3.8) is 0 Å². The molecule has 124 valence electrons. The fourth-order valence-electron chi connectivity index (χ4n) is 3.16. The predicted octanol–water partition coefficient (Wildman–Crippen LogP) is 1.46. The van der Waals surface area contributed by atoms with Crippen molar-refractivity contribution in [3.8, 4) is 0 Å². The number of aromatic amines is 1. The molecule has 0 aliphatic carbocycles. The summed E-state index contributed by atoms with van der Waals surface area (Å²) in [6.45, 7) is 9.06. The van der Waals surface area contributed by atoms with E-state index in [4.69, 9.17) is 4.52 Å². The van der Waals surface area contributed by atoms with Crippen LogP contribution in [0.25, 0.3) is 0 Å². The van der Waals surface area contributed by atoms with E-state index in [1.807, 2.05) is 24.9 Å². The van der Waals surface area contributed by atoms with Crippen molar-refractivity contribution in [2.45, 2.75) is 33.2 Å². The van der Waals surface area contributed by atoms with Gasteiger partial charge < -0.3 is 14.4 Å². The number of amides is 1. The number of nitrogens with zero attached hydrogens (tertiary/aromatic N) is 4. The number of hydrogen-bond acceptors (Lipinski definition) is 5. The van der Waals surface area contributed by atoms with Crippen molar-refractivity contribution in [3.05, 3.63) is 35.2 Å². The number of carbonyl (C=O) groups excluding carboxylic acids is 1. The summed E-state index contributed by atoms with van der Waals surface area (Å²) >= 11 is 0. The van der Waals surface area contributed by atoms with Gasteiger partial charge in [0.05, 0.1) is 18.2 Å². The van der Waals surface area contributed by atoms with E-state index in [1.54, 1.807) is 6.20 Å². The first-order chi connectivity index (χ1) is 11.1. The van der Waals surface area contributed by atoms with Crippen LogP contribution in [0.5, 0.6) is 0 Å². The molecule has 23 heavy (non-hydrogen) atoms. The number of rotatable bonds is 4. The summed E-state index contributed by atoms with van der Waals surface area (Å²) < 4.78 is 5.15. The number of nitrogens with one attached hydrogen (secondary N) is 1. The number of likely N-dealkylation sites (N-methyl/N-ethyl adjacent to an activating group) is 1. The summed E-state index contributed by atoms with van der Waals surface area (Å²) in [5, 5.41) is 3.93. The normalized spacial score (nSPS) is 19.3. The molecule has 7 heteroatoms. The Hall–Kier alpha value is -2.15. The second-order valence-electron chi connectivity index (χ2n) is 5.94. The highest BCUT2D eigenvalue weighted by atomic mass is 16.5. The first-order valence-corrected chi connectivity index (χ1v) is 8.03. The van der Waals surface area contributed by atoms with Gasteiger partial charge in [-0.05, 0) is 20.4 Å². The summed E-state index contributed by atoms with van der Waals surface area (Å²) in [7, 11) is 0. The standard InChI is InChI=1S/C16H23N5O2/c1-4-20-7-8-21(10-14(20)16-17-5-6-18-16)15(22)9-13-11(2)19-23-12(13)3/h5-6,14H,4,7-10H2,1-3H3,(H,17,18)/t14-/m0/s1. The third-order valence-electron chi connectivity index (χ3n) is 4.59. The van der Waals surface area contributed by atoms with Crippen LogP contribution in [0.3, 0.4) is 0 Å². The van der Waals surface area contributed by atoms with Crippen LogP contribution >= 0.6 is 0 Å². The highest BCUT2D eigenvalue weighted by Crippen LogP contribution is 2.23. The third kappa shape index (κ3) is 3.14. The molecule has 0 aromatic carbocycles. The Labute approximate surface area is 135 Å². The molecule has 2 aromatic rings. The zero-order chi connectivity index (χ0) is 16.4. The fraction of sp³-hybridized carbons (Fsp3) is 0.562. The molecule has 1 aliphatic heterocycles. The summed E-state index contributed by atoms with van der Waals surface area (Å²) in [5.41, 5.74) is 1.70. The minimum Gasteiger partial charge on any atom is -0.361 e. The minimum absolute atomic E-state index is 0.117. The van der Waals surface area contributed by atoms with Crippen LogP contribution in [0.4, 0.5) is 0 Å².